The van der Waals surface area contributed by atoms with Crippen LogP contribution in [0.4, 0.5) is 0 Å². The van der Waals surface area contributed by atoms with Crippen molar-refractivity contribution in [1.29, 1.82) is 0 Å². The van der Waals surface area contributed by atoms with Crippen LogP contribution in [0.3, 0.4) is 0 Å². The lowest BCUT2D eigenvalue weighted by atomic mass is 9.88. The number of thiophene rings is 1. The molecule has 2 saturated heterocycles. The number of hydrogen-bond donors (Lipinski definition) is 1. The molecule has 0 radical (unpaired) electrons. The van der Waals surface area contributed by atoms with Gasteiger partial charge < -0.3 is 15.0 Å². The van der Waals surface area contributed by atoms with E-state index in [0.29, 0.717) is 6.54 Å². The van der Waals surface area contributed by atoms with Crippen molar-refractivity contribution >= 4 is 17.2 Å². The van der Waals surface area contributed by atoms with Gasteiger partial charge in [0.15, 0.2) is 0 Å². The fraction of sp³-hybridized carbons (Fsp3) is 0.737. The van der Waals surface area contributed by atoms with Crippen molar-refractivity contribution in [3.05, 3.63) is 22.4 Å². The normalized spacial score (nSPS) is 26.8. The highest BCUT2D eigenvalue weighted by atomic mass is 32.1. The Morgan fingerprint density at radius 3 is 2.83 bits per heavy atom. The molecule has 1 atom stereocenters. The quantitative estimate of drug-likeness (QED) is 0.859. The van der Waals surface area contributed by atoms with Crippen molar-refractivity contribution < 1.29 is 9.53 Å². The number of nitrogens with one attached hydrogen (secondary N) is 1. The molecular formula is C19H28N2O2S. The molecule has 0 unspecified atom stereocenters. The van der Waals surface area contributed by atoms with E-state index in [9.17, 15) is 4.79 Å². The first kappa shape index (κ1) is 16.6. The van der Waals surface area contributed by atoms with Crippen molar-refractivity contribution in [2.75, 3.05) is 26.2 Å². The summed E-state index contributed by atoms with van der Waals surface area (Å²) in [5.41, 5.74) is -0.0180. The zero-order chi connectivity index (χ0) is 16.4. The van der Waals surface area contributed by atoms with Crippen LogP contribution in [0.5, 0.6) is 0 Å². The van der Waals surface area contributed by atoms with E-state index in [4.69, 9.17) is 4.74 Å². The highest BCUT2D eigenvalue weighted by Crippen LogP contribution is 2.40. The lowest BCUT2D eigenvalue weighted by Gasteiger charge is -2.39. The third-order valence-corrected chi connectivity index (χ3v) is 6.71. The van der Waals surface area contributed by atoms with Gasteiger partial charge in [-0.25, -0.2) is 0 Å². The summed E-state index contributed by atoms with van der Waals surface area (Å²) in [5.74, 6) is 1.05. The fourth-order valence-electron chi connectivity index (χ4n) is 4.05. The maximum atomic E-state index is 12.4. The first-order valence-electron chi connectivity index (χ1n) is 9.43. The maximum Gasteiger partial charge on any atom is 0.249 e. The molecule has 4 nitrogen and oxygen atoms in total. The second-order valence-corrected chi connectivity index (χ2v) is 8.72. The van der Waals surface area contributed by atoms with Crippen molar-refractivity contribution in [3.63, 3.8) is 0 Å². The number of ether oxygens (including phenoxy) is 1. The topological polar surface area (TPSA) is 41.6 Å². The van der Waals surface area contributed by atoms with Crippen LogP contribution < -0.4 is 5.32 Å². The molecule has 2 aliphatic heterocycles. The molecule has 1 N–H and O–H groups in total. The Bertz CT molecular complexity index is 548. The molecular weight excluding hydrogens is 320 g/mol. The van der Waals surface area contributed by atoms with E-state index < -0.39 is 0 Å². The number of rotatable bonds is 6. The zero-order valence-corrected chi connectivity index (χ0v) is 15.2. The average molecular weight is 349 g/mol. The molecule has 3 aliphatic rings. The van der Waals surface area contributed by atoms with Crippen LogP contribution in [0, 0.1) is 5.92 Å². The Morgan fingerprint density at radius 2 is 2.12 bits per heavy atom. The Labute approximate surface area is 148 Å². The number of carbonyl (C=O) groups excluding carboxylic acids is 1. The fourth-order valence-corrected chi connectivity index (χ4v) is 4.76. The summed E-state index contributed by atoms with van der Waals surface area (Å²) in [6.07, 6.45) is 7.65. The smallest absolute Gasteiger partial charge is 0.249 e. The van der Waals surface area contributed by atoms with Gasteiger partial charge in [0.25, 0.3) is 0 Å². The molecule has 132 valence electrons. The van der Waals surface area contributed by atoms with E-state index in [1.54, 1.807) is 11.3 Å². The third kappa shape index (κ3) is 4.01. The minimum absolute atomic E-state index is 0.0180. The molecule has 1 aliphatic carbocycles. The Hall–Kier alpha value is -0.910. The molecule has 5 heteroatoms. The lowest BCUT2D eigenvalue weighted by Crippen LogP contribution is -2.46. The van der Waals surface area contributed by atoms with E-state index in [1.807, 2.05) is 0 Å². The zero-order valence-electron chi connectivity index (χ0n) is 14.3. The summed E-state index contributed by atoms with van der Waals surface area (Å²) < 4.78 is 6.27. The second-order valence-electron chi connectivity index (χ2n) is 7.69. The highest BCUT2D eigenvalue weighted by molar-refractivity contribution is 7.09. The Morgan fingerprint density at radius 1 is 1.29 bits per heavy atom. The van der Waals surface area contributed by atoms with E-state index in [-0.39, 0.29) is 17.6 Å². The number of likely N-dealkylation sites (tertiary alicyclic amines) is 1. The average Bonchev–Trinajstić information content (AvgIpc) is 3.09. The molecule has 1 saturated carbocycles. The van der Waals surface area contributed by atoms with Crippen LogP contribution in [-0.2, 0) is 16.0 Å². The summed E-state index contributed by atoms with van der Waals surface area (Å²) in [5, 5.41) is 5.14. The molecule has 1 aromatic rings. The Balaban J connectivity index is 1.20. The van der Waals surface area contributed by atoms with Crippen LogP contribution >= 0.6 is 11.3 Å². The molecule has 1 spiro atoms. The number of piperidine rings is 1. The maximum absolute atomic E-state index is 12.4. The molecule has 1 aromatic heterocycles. The van der Waals surface area contributed by atoms with Gasteiger partial charge >= 0.3 is 0 Å². The van der Waals surface area contributed by atoms with Crippen molar-refractivity contribution in [2.24, 2.45) is 5.92 Å². The summed E-state index contributed by atoms with van der Waals surface area (Å²) in [4.78, 5) is 16.3. The third-order valence-electron chi connectivity index (χ3n) is 5.78. The SMILES string of the molecule is O=C(NCCc1cccs1)[C@@H]1CCC2(CCN(CC3CC3)CC2)O1. The van der Waals surface area contributed by atoms with Gasteiger partial charge in [-0.1, -0.05) is 6.07 Å². The largest absolute Gasteiger partial charge is 0.362 e. The standard InChI is InChI=1S/C19H28N2O2S/c22-18(20-10-6-16-2-1-13-24-16)17-5-7-19(23-17)8-11-21(12-9-19)14-15-3-4-15/h1-2,13,15,17H,3-12,14H2,(H,20,22)/t17-/m0/s1. The van der Waals surface area contributed by atoms with E-state index >= 15 is 0 Å². The number of carbonyl (C=O) groups is 1. The summed E-state index contributed by atoms with van der Waals surface area (Å²) >= 11 is 1.75. The Kier molecular flexibility index (Phi) is 4.93. The van der Waals surface area contributed by atoms with Gasteiger partial charge in [-0.3, -0.25) is 4.79 Å². The van der Waals surface area contributed by atoms with E-state index in [0.717, 1.165) is 51.1 Å². The minimum Gasteiger partial charge on any atom is -0.362 e. The van der Waals surface area contributed by atoms with Gasteiger partial charge in [0.2, 0.25) is 5.91 Å². The first-order chi connectivity index (χ1) is 11.7. The number of amides is 1. The van der Waals surface area contributed by atoms with Gasteiger partial charge in [-0.15, -0.1) is 11.3 Å². The van der Waals surface area contributed by atoms with Gasteiger partial charge in [0.1, 0.15) is 6.10 Å². The molecule has 3 heterocycles. The predicted molar refractivity (Wildman–Crippen MR) is 96.3 cm³/mol. The number of nitrogens with zero attached hydrogens (tertiary/aromatic N) is 1. The molecule has 4 rings (SSSR count). The van der Waals surface area contributed by atoms with E-state index in [1.165, 1.54) is 24.3 Å². The minimum atomic E-state index is -0.233. The number of hydrogen-bond acceptors (Lipinski definition) is 4. The molecule has 1 amide bonds. The predicted octanol–water partition coefficient (Wildman–Crippen LogP) is 2.83. The summed E-state index contributed by atoms with van der Waals surface area (Å²) in [6.45, 7) is 4.27. The van der Waals surface area contributed by atoms with Gasteiger partial charge in [0.05, 0.1) is 5.60 Å². The highest BCUT2D eigenvalue weighted by Gasteiger charge is 2.44. The van der Waals surface area contributed by atoms with Gasteiger partial charge in [-0.05, 0) is 62.3 Å². The van der Waals surface area contributed by atoms with Gasteiger partial charge in [-0.2, -0.15) is 0 Å². The van der Waals surface area contributed by atoms with Crippen molar-refractivity contribution in [3.8, 4) is 0 Å². The monoisotopic (exact) mass is 348 g/mol. The summed E-state index contributed by atoms with van der Waals surface area (Å²) in [7, 11) is 0. The molecule has 0 aromatic carbocycles. The molecule has 3 fully saturated rings. The van der Waals surface area contributed by atoms with E-state index in [2.05, 4.69) is 27.7 Å². The second kappa shape index (κ2) is 7.14. The molecule has 0 bridgehead atoms. The van der Waals surface area contributed by atoms with Crippen LogP contribution in [-0.4, -0.2) is 48.7 Å². The summed E-state index contributed by atoms with van der Waals surface area (Å²) in [6, 6.07) is 4.18. The van der Waals surface area contributed by atoms with Crippen LogP contribution in [0.15, 0.2) is 17.5 Å². The van der Waals surface area contributed by atoms with Crippen molar-refractivity contribution in [2.45, 2.75) is 56.7 Å². The van der Waals surface area contributed by atoms with Crippen LogP contribution in [0.1, 0.15) is 43.4 Å². The van der Waals surface area contributed by atoms with Crippen LogP contribution in [0.25, 0.3) is 0 Å². The van der Waals surface area contributed by atoms with Crippen LogP contribution in [0.2, 0.25) is 0 Å². The van der Waals surface area contributed by atoms with Gasteiger partial charge in [0, 0.05) is 31.1 Å². The van der Waals surface area contributed by atoms with Crippen molar-refractivity contribution in [1.82, 2.24) is 10.2 Å². The first-order valence-corrected chi connectivity index (χ1v) is 10.3. The lowest BCUT2D eigenvalue weighted by molar-refractivity contribution is -0.140. The molecule has 24 heavy (non-hydrogen) atoms.